The Kier molecular flexibility index (Phi) is 3.77. The van der Waals surface area contributed by atoms with Crippen LogP contribution in [0.25, 0.3) is 0 Å². The van der Waals surface area contributed by atoms with Gasteiger partial charge in [0.2, 0.25) is 0 Å². The van der Waals surface area contributed by atoms with E-state index in [9.17, 15) is 4.79 Å². The van der Waals surface area contributed by atoms with Gasteiger partial charge in [-0.1, -0.05) is 19.6 Å². The molecule has 0 fully saturated rings. The fourth-order valence-electron chi connectivity index (χ4n) is 1.02. The largest absolute Gasteiger partial charge is 0.481 e. The molecule has 0 bridgehead atoms. The van der Waals surface area contributed by atoms with Gasteiger partial charge >= 0.3 is 5.97 Å². The first-order valence-corrected chi connectivity index (χ1v) is 3.18. The van der Waals surface area contributed by atoms with Gasteiger partial charge < -0.3 is 5.11 Å². The lowest BCUT2D eigenvalue weighted by Crippen LogP contribution is -2.13. The van der Waals surface area contributed by atoms with Crippen molar-refractivity contribution in [1.82, 2.24) is 0 Å². The van der Waals surface area contributed by atoms with Crippen molar-refractivity contribution in [3.8, 4) is 0 Å². The molecule has 0 aromatic heterocycles. The summed E-state index contributed by atoms with van der Waals surface area (Å²) < 4.78 is 0. The Balaban J connectivity index is 0.000000810. The summed E-state index contributed by atoms with van der Waals surface area (Å²) in [6, 6.07) is 0. The standard InChI is InChI=1S/C7H10O2.CH4/c8-7(9)6-4-2-1-3-5-6;/h1-2,6H,3-5H2,(H,8,9);1H4. The molecular formula is C8H14O2. The topological polar surface area (TPSA) is 37.3 Å². The summed E-state index contributed by atoms with van der Waals surface area (Å²) in [5, 5.41) is 8.50. The average molecular weight is 142 g/mol. The highest BCUT2D eigenvalue weighted by molar-refractivity contribution is 5.70. The van der Waals surface area contributed by atoms with Gasteiger partial charge in [0.15, 0.2) is 0 Å². The molecule has 0 aromatic rings. The second-order valence-corrected chi connectivity index (χ2v) is 2.32. The molecule has 0 saturated heterocycles. The van der Waals surface area contributed by atoms with Crippen molar-refractivity contribution in [3.05, 3.63) is 12.2 Å². The summed E-state index contributed by atoms with van der Waals surface area (Å²) in [6.07, 6.45) is 6.44. The number of allylic oxidation sites excluding steroid dienone is 2. The highest BCUT2D eigenvalue weighted by atomic mass is 16.4. The van der Waals surface area contributed by atoms with Gasteiger partial charge in [-0.15, -0.1) is 0 Å². The Morgan fingerprint density at radius 2 is 2.20 bits per heavy atom. The molecule has 1 rings (SSSR count). The van der Waals surface area contributed by atoms with E-state index in [-0.39, 0.29) is 13.3 Å². The predicted molar refractivity (Wildman–Crippen MR) is 40.8 cm³/mol. The molecule has 2 nitrogen and oxygen atoms in total. The minimum atomic E-state index is -0.653. The molecular weight excluding hydrogens is 128 g/mol. The SMILES string of the molecule is C.O=C(O)C1CC=CCC1. The maximum atomic E-state index is 10.3. The quantitative estimate of drug-likeness (QED) is 0.569. The number of carboxylic acids is 1. The van der Waals surface area contributed by atoms with E-state index in [1.165, 1.54) is 0 Å². The molecule has 0 aliphatic heterocycles. The Bertz CT molecular complexity index is 138. The lowest BCUT2D eigenvalue weighted by Gasteiger charge is -2.11. The number of hydrogen-bond donors (Lipinski definition) is 1. The van der Waals surface area contributed by atoms with Crippen LogP contribution in [0.5, 0.6) is 0 Å². The average Bonchev–Trinajstić information content (AvgIpc) is 1.90. The maximum absolute atomic E-state index is 10.3. The van der Waals surface area contributed by atoms with Crippen LogP contribution < -0.4 is 0 Å². The van der Waals surface area contributed by atoms with Crippen LogP contribution in [0.1, 0.15) is 26.7 Å². The summed E-state index contributed by atoms with van der Waals surface area (Å²) in [7, 11) is 0. The van der Waals surface area contributed by atoms with E-state index in [1.807, 2.05) is 12.2 Å². The van der Waals surface area contributed by atoms with Gasteiger partial charge in [0, 0.05) is 0 Å². The van der Waals surface area contributed by atoms with Gasteiger partial charge in [0.05, 0.1) is 5.92 Å². The Morgan fingerprint density at radius 1 is 1.50 bits per heavy atom. The van der Waals surface area contributed by atoms with Crippen LogP contribution in [0, 0.1) is 5.92 Å². The van der Waals surface area contributed by atoms with Crippen LogP contribution in [-0.4, -0.2) is 11.1 Å². The van der Waals surface area contributed by atoms with Crippen molar-refractivity contribution in [2.75, 3.05) is 0 Å². The molecule has 1 aliphatic carbocycles. The van der Waals surface area contributed by atoms with Crippen molar-refractivity contribution in [2.45, 2.75) is 26.7 Å². The third kappa shape index (κ3) is 2.21. The second kappa shape index (κ2) is 4.09. The number of aliphatic carboxylic acids is 1. The molecule has 1 atom stereocenters. The van der Waals surface area contributed by atoms with E-state index in [0.717, 1.165) is 19.3 Å². The predicted octanol–water partition coefficient (Wildman–Crippen LogP) is 2.06. The van der Waals surface area contributed by atoms with Crippen LogP contribution in [0.15, 0.2) is 12.2 Å². The zero-order valence-corrected chi connectivity index (χ0v) is 5.21. The zero-order valence-electron chi connectivity index (χ0n) is 5.21. The molecule has 0 amide bonds. The van der Waals surface area contributed by atoms with Gasteiger partial charge in [0.25, 0.3) is 0 Å². The lowest BCUT2D eigenvalue weighted by molar-refractivity contribution is -0.141. The fourth-order valence-corrected chi connectivity index (χ4v) is 1.02. The number of carbonyl (C=O) groups is 1. The third-order valence-corrected chi connectivity index (χ3v) is 1.62. The van der Waals surface area contributed by atoms with Crippen molar-refractivity contribution in [3.63, 3.8) is 0 Å². The molecule has 1 aliphatic rings. The highest BCUT2D eigenvalue weighted by Gasteiger charge is 2.16. The summed E-state index contributed by atoms with van der Waals surface area (Å²) in [4.78, 5) is 10.3. The van der Waals surface area contributed by atoms with Gasteiger partial charge in [-0.05, 0) is 19.3 Å². The van der Waals surface area contributed by atoms with Crippen LogP contribution in [0.3, 0.4) is 0 Å². The Hall–Kier alpha value is -0.790. The van der Waals surface area contributed by atoms with E-state index < -0.39 is 5.97 Å². The van der Waals surface area contributed by atoms with Gasteiger partial charge in [0.1, 0.15) is 0 Å². The van der Waals surface area contributed by atoms with Gasteiger partial charge in [-0.3, -0.25) is 4.79 Å². The van der Waals surface area contributed by atoms with E-state index >= 15 is 0 Å². The first-order chi connectivity index (χ1) is 4.30. The monoisotopic (exact) mass is 142 g/mol. The normalized spacial score (nSPS) is 23.4. The fraction of sp³-hybridized carbons (Fsp3) is 0.625. The smallest absolute Gasteiger partial charge is 0.306 e. The van der Waals surface area contributed by atoms with Crippen LogP contribution in [0.4, 0.5) is 0 Å². The van der Waals surface area contributed by atoms with E-state index in [4.69, 9.17) is 5.11 Å². The van der Waals surface area contributed by atoms with Crippen LogP contribution >= 0.6 is 0 Å². The van der Waals surface area contributed by atoms with Gasteiger partial charge in [-0.2, -0.15) is 0 Å². The Labute approximate surface area is 61.6 Å². The molecule has 0 spiro atoms. The lowest BCUT2D eigenvalue weighted by atomic mass is 9.95. The van der Waals surface area contributed by atoms with E-state index in [2.05, 4.69) is 0 Å². The summed E-state index contributed by atoms with van der Waals surface area (Å²) >= 11 is 0. The van der Waals surface area contributed by atoms with E-state index in [1.54, 1.807) is 0 Å². The van der Waals surface area contributed by atoms with Crippen molar-refractivity contribution in [2.24, 2.45) is 5.92 Å². The van der Waals surface area contributed by atoms with Crippen molar-refractivity contribution >= 4 is 5.97 Å². The Morgan fingerprint density at radius 3 is 2.50 bits per heavy atom. The molecule has 2 heteroatoms. The first-order valence-electron chi connectivity index (χ1n) is 3.18. The minimum absolute atomic E-state index is 0. The number of rotatable bonds is 1. The van der Waals surface area contributed by atoms with Crippen molar-refractivity contribution < 1.29 is 9.90 Å². The molecule has 10 heavy (non-hydrogen) atoms. The van der Waals surface area contributed by atoms with Crippen LogP contribution in [0.2, 0.25) is 0 Å². The van der Waals surface area contributed by atoms with Crippen LogP contribution in [-0.2, 0) is 4.79 Å². The zero-order chi connectivity index (χ0) is 6.69. The van der Waals surface area contributed by atoms with Crippen molar-refractivity contribution in [1.29, 1.82) is 0 Å². The first kappa shape index (κ1) is 9.21. The molecule has 0 radical (unpaired) electrons. The summed E-state index contributed by atoms with van der Waals surface area (Å²) in [5.41, 5.74) is 0. The minimum Gasteiger partial charge on any atom is -0.481 e. The molecule has 1 N–H and O–H groups in total. The number of carboxylic acid groups (broad SMARTS) is 1. The molecule has 1 unspecified atom stereocenters. The molecule has 58 valence electrons. The summed E-state index contributed by atoms with van der Waals surface area (Å²) in [6.45, 7) is 0. The van der Waals surface area contributed by atoms with Gasteiger partial charge in [-0.25, -0.2) is 0 Å². The van der Waals surface area contributed by atoms with E-state index in [0.29, 0.717) is 0 Å². The number of hydrogen-bond acceptors (Lipinski definition) is 1. The second-order valence-electron chi connectivity index (χ2n) is 2.32. The highest BCUT2D eigenvalue weighted by Crippen LogP contribution is 2.17. The third-order valence-electron chi connectivity index (χ3n) is 1.62. The summed E-state index contributed by atoms with van der Waals surface area (Å²) in [5.74, 6) is -0.769. The molecule has 0 aromatic carbocycles. The molecule has 0 saturated carbocycles. The molecule has 0 heterocycles. The maximum Gasteiger partial charge on any atom is 0.306 e.